The lowest BCUT2D eigenvalue weighted by atomic mass is 10.2. The summed E-state index contributed by atoms with van der Waals surface area (Å²) in [7, 11) is 0.888. The number of likely N-dealkylation sites (tertiary alicyclic amines) is 1. The van der Waals surface area contributed by atoms with E-state index in [1.165, 1.54) is 12.0 Å². The molecule has 0 radical (unpaired) electrons. The lowest BCUT2D eigenvalue weighted by Gasteiger charge is -2.38. The number of carbonyl (C=O) groups is 2. The van der Waals surface area contributed by atoms with Gasteiger partial charge in [-0.15, -0.1) is 0 Å². The molecule has 0 aliphatic carbocycles. The Morgan fingerprint density at radius 1 is 1.14 bits per heavy atom. The SMILES string of the molecule is COC(=O)[C@@H]1C[C@@H](O[Si](C)(C)C(C)(C)C)CN1C(=O)OCc1ccc(OC)cc1. The van der Waals surface area contributed by atoms with E-state index in [9.17, 15) is 9.59 Å². The highest BCUT2D eigenvalue weighted by Crippen LogP contribution is 2.39. The Hall–Kier alpha value is -2.06. The second-order valence-electron chi connectivity index (χ2n) is 8.83. The first-order valence-electron chi connectivity index (χ1n) is 9.80. The first kappa shape index (κ1) is 23.2. The van der Waals surface area contributed by atoms with Crippen LogP contribution in [-0.4, -0.2) is 58.2 Å². The van der Waals surface area contributed by atoms with Crippen molar-refractivity contribution in [1.29, 1.82) is 0 Å². The van der Waals surface area contributed by atoms with Crippen molar-refractivity contribution >= 4 is 20.4 Å². The van der Waals surface area contributed by atoms with Crippen molar-refractivity contribution in [3.63, 3.8) is 0 Å². The standard InChI is InChI=1S/C21H33NO6Si/c1-21(2,3)29(6,7)28-17-12-18(19(23)26-5)22(13-17)20(24)27-14-15-8-10-16(25-4)11-9-15/h8-11,17-18H,12-14H2,1-7H3/t17-,18+/m1/s1. The second-order valence-corrected chi connectivity index (χ2v) is 13.6. The van der Waals surface area contributed by atoms with E-state index < -0.39 is 26.4 Å². The third-order valence-corrected chi connectivity index (χ3v) is 10.3. The third-order valence-electron chi connectivity index (χ3n) is 5.76. The number of methoxy groups -OCH3 is 2. The highest BCUT2D eigenvalue weighted by molar-refractivity contribution is 6.74. The molecule has 8 heteroatoms. The van der Waals surface area contributed by atoms with Crippen molar-refractivity contribution in [3.05, 3.63) is 29.8 Å². The van der Waals surface area contributed by atoms with Gasteiger partial charge in [-0.05, 0) is 35.8 Å². The van der Waals surface area contributed by atoms with Gasteiger partial charge in [0.15, 0.2) is 8.32 Å². The van der Waals surface area contributed by atoms with Crippen LogP contribution in [-0.2, 0) is 25.3 Å². The number of nitrogens with zero attached hydrogens (tertiary/aromatic N) is 1. The van der Waals surface area contributed by atoms with Crippen LogP contribution >= 0.6 is 0 Å². The molecular formula is C21H33NO6Si. The first-order chi connectivity index (χ1) is 13.5. The van der Waals surface area contributed by atoms with Gasteiger partial charge >= 0.3 is 12.1 Å². The van der Waals surface area contributed by atoms with Gasteiger partial charge < -0.3 is 18.6 Å². The zero-order valence-corrected chi connectivity index (χ0v) is 19.5. The van der Waals surface area contributed by atoms with E-state index in [1.807, 2.05) is 12.1 Å². The summed E-state index contributed by atoms with van der Waals surface area (Å²) in [5.41, 5.74) is 0.835. The summed E-state index contributed by atoms with van der Waals surface area (Å²) in [4.78, 5) is 26.4. The van der Waals surface area contributed by atoms with Crippen molar-refractivity contribution in [2.24, 2.45) is 0 Å². The molecule has 2 rings (SSSR count). The molecule has 0 aromatic heterocycles. The average Bonchev–Trinajstić information content (AvgIpc) is 3.08. The van der Waals surface area contributed by atoms with E-state index in [4.69, 9.17) is 18.6 Å². The largest absolute Gasteiger partial charge is 0.497 e. The maximum atomic E-state index is 12.7. The van der Waals surface area contributed by atoms with E-state index in [1.54, 1.807) is 19.2 Å². The van der Waals surface area contributed by atoms with Crippen LogP contribution in [0.5, 0.6) is 5.75 Å². The van der Waals surface area contributed by atoms with Crippen LogP contribution in [0.1, 0.15) is 32.8 Å². The second kappa shape index (κ2) is 9.17. The molecule has 0 saturated carbocycles. The van der Waals surface area contributed by atoms with Crippen molar-refractivity contribution in [1.82, 2.24) is 4.90 Å². The van der Waals surface area contributed by atoms with Gasteiger partial charge in [0.05, 0.1) is 20.3 Å². The van der Waals surface area contributed by atoms with Crippen LogP contribution in [0.2, 0.25) is 18.1 Å². The summed E-state index contributed by atoms with van der Waals surface area (Å²) in [6, 6.07) is 6.57. The minimum absolute atomic E-state index is 0.0378. The average molecular weight is 424 g/mol. The molecule has 1 aromatic carbocycles. The van der Waals surface area contributed by atoms with Gasteiger partial charge in [0, 0.05) is 13.0 Å². The molecule has 2 atom stereocenters. The smallest absolute Gasteiger partial charge is 0.410 e. The van der Waals surface area contributed by atoms with Crippen molar-refractivity contribution in [3.8, 4) is 5.75 Å². The number of amides is 1. The molecule has 0 bridgehead atoms. The molecule has 1 fully saturated rings. The molecule has 0 unspecified atom stereocenters. The zero-order valence-electron chi connectivity index (χ0n) is 18.5. The van der Waals surface area contributed by atoms with Crippen molar-refractivity contribution in [2.75, 3.05) is 20.8 Å². The van der Waals surface area contributed by atoms with E-state index in [2.05, 4.69) is 33.9 Å². The fourth-order valence-corrected chi connectivity index (χ4v) is 4.34. The topological polar surface area (TPSA) is 74.3 Å². The Kier molecular flexibility index (Phi) is 7.34. The Bertz CT molecular complexity index is 713. The fourth-order valence-electron chi connectivity index (χ4n) is 2.99. The minimum atomic E-state index is -2.03. The highest BCUT2D eigenvalue weighted by atomic mass is 28.4. The molecule has 7 nitrogen and oxygen atoms in total. The molecular weight excluding hydrogens is 390 g/mol. The van der Waals surface area contributed by atoms with E-state index in [0.717, 1.165) is 11.3 Å². The zero-order chi connectivity index (χ0) is 21.8. The van der Waals surface area contributed by atoms with Gasteiger partial charge in [-0.1, -0.05) is 32.9 Å². The van der Waals surface area contributed by atoms with Crippen LogP contribution in [0.25, 0.3) is 0 Å². The number of ether oxygens (including phenoxy) is 3. The predicted octanol–water partition coefficient (Wildman–Crippen LogP) is 3.97. The molecule has 1 amide bonds. The maximum absolute atomic E-state index is 12.7. The molecule has 162 valence electrons. The number of carbonyl (C=O) groups excluding carboxylic acids is 2. The lowest BCUT2D eigenvalue weighted by molar-refractivity contribution is -0.145. The molecule has 1 aliphatic rings. The van der Waals surface area contributed by atoms with E-state index >= 15 is 0 Å². The molecule has 1 aromatic rings. The quantitative estimate of drug-likeness (QED) is 0.509. The number of benzene rings is 1. The van der Waals surface area contributed by atoms with E-state index in [0.29, 0.717) is 13.0 Å². The molecule has 29 heavy (non-hydrogen) atoms. The number of esters is 1. The maximum Gasteiger partial charge on any atom is 0.410 e. The highest BCUT2D eigenvalue weighted by Gasteiger charge is 2.46. The van der Waals surface area contributed by atoms with Gasteiger partial charge in [-0.2, -0.15) is 0 Å². The number of rotatable bonds is 6. The van der Waals surface area contributed by atoms with Crippen LogP contribution in [0.15, 0.2) is 24.3 Å². The third kappa shape index (κ3) is 5.73. The summed E-state index contributed by atoms with van der Waals surface area (Å²) >= 11 is 0. The summed E-state index contributed by atoms with van der Waals surface area (Å²) in [6.45, 7) is 11.2. The first-order valence-corrected chi connectivity index (χ1v) is 12.7. The summed E-state index contributed by atoms with van der Waals surface area (Å²) in [5.74, 6) is 0.281. The molecule has 1 heterocycles. The Labute approximate surface area is 174 Å². The van der Waals surface area contributed by atoms with Gasteiger partial charge in [0.25, 0.3) is 0 Å². The monoisotopic (exact) mass is 423 g/mol. The minimum Gasteiger partial charge on any atom is -0.497 e. The van der Waals surface area contributed by atoms with Crippen LogP contribution in [0.3, 0.4) is 0 Å². The summed E-state index contributed by atoms with van der Waals surface area (Å²) in [5, 5.41) is 0.0378. The fraction of sp³-hybridized carbons (Fsp3) is 0.619. The van der Waals surface area contributed by atoms with E-state index in [-0.39, 0.29) is 17.7 Å². The predicted molar refractivity (Wildman–Crippen MR) is 112 cm³/mol. The van der Waals surface area contributed by atoms with Crippen molar-refractivity contribution in [2.45, 2.75) is 64.1 Å². The summed E-state index contributed by atoms with van der Waals surface area (Å²) < 4.78 is 21.9. The molecule has 1 saturated heterocycles. The molecule has 1 aliphatic heterocycles. The normalized spacial score (nSPS) is 19.8. The number of hydrogen-bond donors (Lipinski definition) is 0. The van der Waals surface area contributed by atoms with Crippen LogP contribution in [0.4, 0.5) is 4.79 Å². The van der Waals surface area contributed by atoms with Crippen molar-refractivity contribution < 1.29 is 28.2 Å². The Morgan fingerprint density at radius 2 is 1.76 bits per heavy atom. The van der Waals surface area contributed by atoms with Gasteiger partial charge in [0.1, 0.15) is 18.4 Å². The van der Waals surface area contributed by atoms with Gasteiger partial charge in [0.2, 0.25) is 0 Å². The van der Waals surface area contributed by atoms with Crippen LogP contribution in [0, 0.1) is 0 Å². The van der Waals surface area contributed by atoms with Gasteiger partial charge in [-0.3, -0.25) is 4.90 Å². The molecule has 0 spiro atoms. The Balaban J connectivity index is 2.05. The lowest BCUT2D eigenvalue weighted by Crippen LogP contribution is -2.45. The Morgan fingerprint density at radius 3 is 2.28 bits per heavy atom. The van der Waals surface area contributed by atoms with Crippen LogP contribution < -0.4 is 4.74 Å². The number of hydrogen-bond acceptors (Lipinski definition) is 6. The summed E-state index contributed by atoms with van der Waals surface area (Å²) in [6.07, 6.45) is -0.345. The van der Waals surface area contributed by atoms with Gasteiger partial charge in [-0.25, -0.2) is 9.59 Å². The molecule has 0 N–H and O–H groups in total.